The molecule has 0 aliphatic carbocycles. The Labute approximate surface area is 298 Å². The minimum absolute atomic E-state index is 0.00934. The first kappa shape index (κ1) is 33.8. The van der Waals surface area contributed by atoms with Crippen LogP contribution in [0.1, 0.15) is 11.1 Å². The minimum atomic E-state index is -5.88. The molecule has 2 aliphatic heterocycles. The van der Waals surface area contributed by atoms with Gasteiger partial charge in [-0.1, -0.05) is 72.8 Å². The third-order valence-corrected chi connectivity index (χ3v) is 8.99. The van der Waals surface area contributed by atoms with Crippen molar-refractivity contribution in [1.29, 1.82) is 0 Å². The van der Waals surface area contributed by atoms with E-state index in [2.05, 4.69) is 34.9 Å². The molecule has 0 amide bonds. The predicted octanol–water partition coefficient (Wildman–Crippen LogP) is 9.76. The molecule has 55 heavy (non-hydrogen) atoms. The van der Waals surface area contributed by atoms with E-state index < -0.39 is 79.6 Å². The molecule has 2 aliphatic rings. The molecule has 0 atom stereocenters. The molecule has 5 heterocycles. The molecular formula is C35H14F9N9O2. The molecular weight excluding hydrogens is 749 g/mol. The van der Waals surface area contributed by atoms with Crippen molar-refractivity contribution in [2.75, 3.05) is 0 Å². The molecule has 0 radical (unpaired) electrons. The number of nitro groups is 1. The van der Waals surface area contributed by atoms with Gasteiger partial charge in [-0.3, -0.25) is 10.1 Å². The molecule has 1 N–H and O–H groups in total. The molecule has 0 fully saturated rings. The molecule has 7 aromatic rings. The van der Waals surface area contributed by atoms with Gasteiger partial charge >= 0.3 is 18.7 Å². The van der Waals surface area contributed by atoms with E-state index in [1.54, 1.807) is 0 Å². The lowest BCUT2D eigenvalue weighted by Crippen LogP contribution is -2.19. The number of halogens is 9. The van der Waals surface area contributed by atoms with Crippen molar-refractivity contribution in [3.8, 4) is 45.6 Å². The maximum Gasteiger partial charge on any atom is 0.491 e. The van der Waals surface area contributed by atoms with Gasteiger partial charge in [0.1, 0.15) is 16.9 Å². The van der Waals surface area contributed by atoms with Gasteiger partial charge < -0.3 is 4.98 Å². The van der Waals surface area contributed by atoms with Gasteiger partial charge in [-0.2, -0.15) is 26.3 Å². The zero-order valence-electron chi connectivity index (χ0n) is 26.8. The Bertz CT molecular complexity index is 3000. The van der Waals surface area contributed by atoms with Gasteiger partial charge in [-0.15, -0.1) is 13.2 Å². The maximum atomic E-state index is 15.1. The van der Waals surface area contributed by atoms with Crippen LogP contribution < -0.4 is 0 Å². The number of nitrogens with zero attached hydrogens (tertiary/aromatic N) is 8. The minimum Gasteiger partial charge on any atom is -0.324 e. The molecule has 0 spiro atoms. The molecule has 0 saturated carbocycles. The lowest BCUT2D eigenvalue weighted by Gasteiger charge is -2.16. The van der Waals surface area contributed by atoms with Crippen molar-refractivity contribution < 1.29 is 44.4 Å². The summed E-state index contributed by atoms with van der Waals surface area (Å²) in [6.45, 7) is 0. The van der Waals surface area contributed by atoms with E-state index in [4.69, 9.17) is 0 Å². The number of aromatic nitrogens is 8. The standard InChI is InChI=1S/C35H14F9N9O2/c36-33(37,38)23-21(53(54)55)13-20-22(24(23)34(39,40)41)30-48-26-15-8-2-4-10-17(15)28(46-26)51-32-19-12-6-5-11-18(19)31(52(32)35(42,43)44)50-27-16-9-3-1-7-14(16)25(45-27)47-29(20)49-30/h1-13H,(H,45,46,47,48,49,50,51). The van der Waals surface area contributed by atoms with Gasteiger partial charge in [0.25, 0.3) is 5.69 Å². The number of alkyl halides is 9. The third kappa shape index (κ3) is 5.15. The summed E-state index contributed by atoms with van der Waals surface area (Å²) in [4.78, 5) is 38.6. The topological polar surface area (TPSA) is 141 Å². The summed E-state index contributed by atoms with van der Waals surface area (Å²) in [7, 11) is 0. The van der Waals surface area contributed by atoms with E-state index in [0.717, 1.165) is 0 Å². The van der Waals surface area contributed by atoms with Crippen molar-refractivity contribution in [2.24, 2.45) is 0 Å². The number of nitro benzene ring substituents is 1. The fourth-order valence-corrected chi connectivity index (χ4v) is 6.85. The van der Waals surface area contributed by atoms with Crippen molar-refractivity contribution in [2.45, 2.75) is 18.7 Å². The van der Waals surface area contributed by atoms with Crippen LogP contribution in [0, 0.1) is 10.1 Å². The van der Waals surface area contributed by atoms with Crippen molar-refractivity contribution in [3.05, 3.63) is 100 Å². The van der Waals surface area contributed by atoms with E-state index in [1.807, 2.05) is 0 Å². The van der Waals surface area contributed by atoms with Crippen LogP contribution >= 0.6 is 0 Å². The fourth-order valence-electron chi connectivity index (χ4n) is 6.85. The average molecular weight is 764 g/mol. The van der Waals surface area contributed by atoms with Crippen molar-refractivity contribution in [1.82, 2.24) is 39.5 Å². The van der Waals surface area contributed by atoms with Crippen LogP contribution in [0.4, 0.5) is 45.2 Å². The van der Waals surface area contributed by atoms with Gasteiger partial charge in [-0.05, 0) is 0 Å². The Morgan fingerprint density at radius 3 is 1.38 bits per heavy atom. The van der Waals surface area contributed by atoms with E-state index in [0.29, 0.717) is 6.07 Å². The van der Waals surface area contributed by atoms with Gasteiger partial charge in [0, 0.05) is 49.9 Å². The Morgan fingerprint density at radius 1 is 0.545 bits per heavy atom. The molecule has 20 heteroatoms. The number of hydrogen-bond donors (Lipinski definition) is 1. The molecule has 8 bridgehead atoms. The highest BCUT2D eigenvalue weighted by atomic mass is 19.4. The molecule has 0 saturated heterocycles. The molecule has 0 unspecified atom stereocenters. The number of fused-ring (bicyclic) bond motifs is 20. The second kappa shape index (κ2) is 11.3. The smallest absolute Gasteiger partial charge is 0.324 e. The largest absolute Gasteiger partial charge is 0.491 e. The maximum absolute atomic E-state index is 15.1. The first-order valence-electron chi connectivity index (χ1n) is 15.7. The summed E-state index contributed by atoms with van der Waals surface area (Å²) in [6, 6.07) is 17.7. The number of hydrogen-bond acceptors (Lipinski definition) is 8. The van der Waals surface area contributed by atoms with E-state index >= 15 is 13.2 Å². The number of benzene rings is 4. The molecule has 11 nitrogen and oxygen atoms in total. The van der Waals surface area contributed by atoms with Crippen LogP contribution in [0.5, 0.6) is 0 Å². The monoisotopic (exact) mass is 763 g/mol. The quantitative estimate of drug-likeness (QED) is 0.0990. The van der Waals surface area contributed by atoms with Crippen molar-refractivity contribution >= 4 is 49.8 Å². The van der Waals surface area contributed by atoms with Crippen LogP contribution in [0.25, 0.3) is 89.7 Å². The van der Waals surface area contributed by atoms with Gasteiger partial charge in [0.05, 0.1) is 10.5 Å². The van der Waals surface area contributed by atoms with Crippen molar-refractivity contribution in [3.63, 3.8) is 0 Å². The first-order valence-corrected chi connectivity index (χ1v) is 15.7. The number of aromatic amines is 1. The Balaban J connectivity index is 1.59. The normalized spacial score (nSPS) is 13.0. The lowest BCUT2D eigenvalue weighted by atomic mass is 9.98. The number of rotatable bonds is 1. The summed E-state index contributed by atoms with van der Waals surface area (Å²) in [6.07, 6.45) is -16.9. The van der Waals surface area contributed by atoms with Gasteiger partial charge in [0.15, 0.2) is 34.6 Å². The summed E-state index contributed by atoms with van der Waals surface area (Å²) in [5, 5.41) is 9.97. The van der Waals surface area contributed by atoms with Gasteiger partial charge in [-0.25, -0.2) is 34.5 Å². The highest BCUT2D eigenvalue weighted by Crippen LogP contribution is 2.50. The highest BCUT2D eigenvalue weighted by molar-refractivity contribution is 6.09. The Morgan fingerprint density at radius 2 is 0.964 bits per heavy atom. The van der Waals surface area contributed by atoms with Crippen LogP contribution in [0.15, 0.2) is 78.9 Å². The van der Waals surface area contributed by atoms with Crippen LogP contribution in [0.3, 0.4) is 0 Å². The Kier molecular flexibility index (Phi) is 6.92. The zero-order chi connectivity index (χ0) is 38.8. The zero-order valence-corrected chi connectivity index (χ0v) is 26.8. The van der Waals surface area contributed by atoms with E-state index in [9.17, 15) is 36.5 Å². The SMILES string of the molecule is O=[N+]([O-])c1cc2c3nc4nc(nc5c6ccccc6c(nc6nc(nc([nH]3)c2c(C(F)(F)F)c1C(F)(F)F)-c1ccccc1-6)n5C(F)(F)F)-c1ccccc1-4. The van der Waals surface area contributed by atoms with Crippen LogP contribution in [-0.2, 0) is 18.7 Å². The lowest BCUT2D eigenvalue weighted by molar-refractivity contribution is -0.388. The van der Waals surface area contributed by atoms with Gasteiger partial charge in [0.2, 0.25) is 0 Å². The van der Waals surface area contributed by atoms with Crippen LogP contribution in [-0.4, -0.2) is 44.4 Å². The number of nitrogens with one attached hydrogen (secondary N) is 1. The second-order valence-corrected chi connectivity index (χ2v) is 12.2. The molecule has 9 rings (SSSR count). The summed E-state index contributed by atoms with van der Waals surface area (Å²) < 4.78 is 133. The molecule has 4 aromatic carbocycles. The summed E-state index contributed by atoms with van der Waals surface area (Å²) in [5.41, 5.74) is -9.35. The van der Waals surface area contributed by atoms with Crippen LogP contribution in [0.2, 0.25) is 0 Å². The van der Waals surface area contributed by atoms with E-state index in [-0.39, 0.29) is 55.1 Å². The average Bonchev–Trinajstić information content (AvgIpc) is 3.84. The number of H-pyrrole nitrogens is 1. The second-order valence-electron chi connectivity index (χ2n) is 12.2. The summed E-state index contributed by atoms with van der Waals surface area (Å²) in [5.74, 6) is -1.48. The molecule has 3 aromatic heterocycles. The predicted molar refractivity (Wildman–Crippen MR) is 178 cm³/mol. The van der Waals surface area contributed by atoms with E-state index in [1.165, 1.54) is 72.8 Å². The Hall–Kier alpha value is -6.99. The first-order chi connectivity index (χ1) is 26.0. The summed E-state index contributed by atoms with van der Waals surface area (Å²) >= 11 is 0. The highest BCUT2D eigenvalue weighted by Gasteiger charge is 2.50. The fraction of sp³-hybridized carbons (Fsp3) is 0.0857. The third-order valence-electron chi connectivity index (χ3n) is 8.99. The molecule has 274 valence electrons.